The summed E-state index contributed by atoms with van der Waals surface area (Å²) >= 11 is 0. The highest BCUT2D eigenvalue weighted by Gasteiger charge is 2.27. The summed E-state index contributed by atoms with van der Waals surface area (Å²) in [4.78, 5) is 30.3. The van der Waals surface area contributed by atoms with Crippen molar-refractivity contribution < 1.29 is 9.18 Å². The first kappa shape index (κ1) is 19.0. The largest absolute Gasteiger partial charge is 0.361 e. The van der Waals surface area contributed by atoms with Crippen LogP contribution in [0.4, 0.5) is 16.0 Å². The minimum atomic E-state index is -0.548. The average Bonchev–Trinajstić information content (AvgIpc) is 3.40. The molecule has 31 heavy (non-hydrogen) atoms. The van der Waals surface area contributed by atoms with Crippen molar-refractivity contribution in [3.8, 4) is 0 Å². The van der Waals surface area contributed by atoms with Gasteiger partial charge in [-0.25, -0.2) is 4.39 Å². The fraction of sp³-hybridized carbons (Fsp3) is 0.182. The third kappa shape index (κ3) is 3.43. The molecule has 0 unspecified atom stereocenters. The number of rotatable bonds is 5. The number of carbonyl (C=O) groups excluding carboxylic acids is 1. The molecule has 9 heteroatoms. The Morgan fingerprint density at radius 2 is 1.90 bits per heavy atom. The topological polar surface area (TPSA) is 95.9 Å². The van der Waals surface area contributed by atoms with E-state index in [4.69, 9.17) is 0 Å². The first-order valence-electron chi connectivity index (χ1n) is 9.95. The first-order chi connectivity index (χ1) is 15.1. The number of halogens is 1. The minimum absolute atomic E-state index is 0.233. The molecule has 2 aromatic carbocycles. The Hall–Kier alpha value is -4.01. The fourth-order valence-electron chi connectivity index (χ4n) is 3.85. The monoisotopic (exact) mass is 418 g/mol. The molecule has 1 aliphatic heterocycles. The van der Waals surface area contributed by atoms with Crippen LogP contribution in [0.3, 0.4) is 0 Å². The minimum Gasteiger partial charge on any atom is -0.361 e. The number of hydrogen-bond acceptors (Lipinski definition) is 5. The van der Waals surface area contributed by atoms with Crippen molar-refractivity contribution in [2.45, 2.75) is 13.0 Å². The molecule has 156 valence electrons. The van der Waals surface area contributed by atoms with E-state index >= 15 is 0 Å². The summed E-state index contributed by atoms with van der Waals surface area (Å²) in [6.45, 7) is 1.23. The van der Waals surface area contributed by atoms with Crippen molar-refractivity contribution >= 4 is 28.4 Å². The van der Waals surface area contributed by atoms with Crippen LogP contribution in [0.1, 0.15) is 16.1 Å². The van der Waals surface area contributed by atoms with Crippen LogP contribution in [0, 0.1) is 5.82 Å². The predicted molar refractivity (Wildman–Crippen MR) is 114 cm³/mol. The van der Waals surface area contributed by atoms with Crippen LogP contribution in [0.25, 0.3) is 10.9 Å². The number of aromatic nitrogens is 4. The normalized spacial score (nSPS) is 12.9. The number of nitrogens with zero attached hydrogens (tertiary/aromatic N) is 4. The molecule has 0 bridgehead atoms. The lowest BCUT2D eigenvalue weighted by Crippen LogP contribution is -2.35. The molecule has 0 saturated carbocycles. The summed E-state index contributed by atoms with van der Waals surface area (Å²) in [5.74, 6) is -0.550. The maximum Gasteiger partial charge on any atom is 0.286 e. The van der Waals surface area contributed by atoms with E-state index in [0.717, 1.165) is 16.5 Å². The molecule has 3 heterocycles. The Morgan fingerprint density at radius 1 is 1.10 bits per heavy atom. The number of fused-ring (bicyclic) bond motifs is 2. The van der Waals surface area contributed by atoms with Gasteiger partial charge in [-0.2, -0.15) is 0 Å². The molecule has 1 amide bonds. The van der Waals surface area contributed by atoms with Gasteiger partial charge in [0.1, 0.15) is 5.82 Å². The van der Waals surface area contributed by atoms with Crippen LogP contribution in [0.15, 0.2) is 59.5 Å². The van der Waals surface area contributed by atoms with Gasteiger partial charge >= 0.3 is 0 Å². The van der Waals surface area contributed by atoms with Gasteiger partial charge in [-0.15, -0.1) is 10.2 Å². The van der Waals surface area contributed by atoms with Crippen LogP contribution in [0.5, 0.6) is 0 Å². The highest BCUT2D eigenvalue weighted by atomic mass is 19.1. The van der Waals surface area contributed by atoms with E-state index in [1.165, 1.54) is 16.7 Å². The Balaban J connectivity index is 1.30. The second-order valence-electron chi connectivity index (χ2n) is 7.30. The Labute approximate surface area is 176 Å². The lowest BCUT2D eigenvalue weighted by Gasteiger charge is -2.16. The van der Waals surface area contributed by atoms with Crippen LogP contribution < -0.4 is 15.8 Å². The smallest absolute Gasteiger partial charge is 0.286 e. The van der Waals surface area contributed by atoms with E-state index in [0.29, 0.717) is 37.7 Å². The third-order valence-electron chi connectivity index (χ3n) is 5.43. The van der Waals surface area contributed by atoms with Crippen molar-refractivity contribution in [2.75, 3.05) is 18.0 Å². The summed E-state index contributed by atoms with van der Waals surface area (Å²) in [5.41, 5.74) is 2.11. The van der Waals surface area contributed by atoms with Gasteiger partial charge in [0.15, 0.2) is 0 Å². The van der Waals surface area contributed by atoms with Crippen LogP contribution >= 0.6 is 0 Å². The number of aromatic amines is 1. The van der Waals surface area contributed by atoms with Gasteiger partial charge in [-0.1, -0.05) is 18.2 Å². The predicted octanol–water partition coefficient (Wildman–Crippen LogP) is 2.38. The maximum atomic E-state index is 13.2. The van der Waals surface area contributed by atoms with E-state index in [9.17, 15) is 14.0 Å². The number of para-hydroxylation sites is 1. The number of benzene rings is 2. The lowest BCUT2D eigenvalue weighted by atomic mass is 10.1. The van der Waals surface area contributed by atoms with E-state index in [1.807, 2.05) is 30.5 Å². The number of anilines is 2. The number of hydrogen-bond donors (Lipinski definition) is 2. The van der Waals surface area contributed by atoms with Crippen LogP contribution in [0.2, 0.25) is 0 Å². The van der Waals surface area contributed by atoms with Gasteiger partial charge in [0.05, 0.1) is 0 Å². The number of nitrogens with one attached hydrogen (secondary N) is 2. The van der Waals surface area contributed by atoms with Crippen molar-refractivity contribution in [3.63, 3.8) is 0 Å². The average molecular weight is 418 g/mol. The molecule has 1 aliphatic rings. The van der Waals surface area contributed by atoms with Gasteiger partial charge < -0.3 is 15.2 Å². The van der Waals surface area contributed by atoms with E-state index < -0.39 is 11.5 Å². The van der Waals surface area contributed by atoms with Crippen molar-refractivity contribution in [1.29, 1.82) is 0 Å². The van der Waals surface area contributed by atoms with Gasteiger partial charge in [0.25, 0.3) is 11.5 Å². The number of amides is 1. The third-order valence-corrected chi connectivity index (χ3v) is 5.43. The second-order valence-corrected chi connectivity index (χ2v) is 7.30. The molecule has 0 spiro atoms. The van der Waals surface area contributed by atoms with Gasteiger partial charge in [-0.3, -0.25) is 14.2 Å². The van der Waals surface area contributed by atoms with E-state index in [1.54, 1.807) is 17.0 Å². The SMILES string of the molecule is O=C(NCCc1c[nH]c2ccccc12)c1nnc2n(c1=O)CCN2c1ccc(F)cc1. The van der Waals surface area contributed by atoms with Crippen molar-refractivity contribution in [3.05, 3.63) is 82.2 Å². The van der Waals surface area contributed by atoms with Gasteiger partial charge in [-0.05, 0) is 42.3 Å². The zero-order valence-electron chi connectivity index (χ0n) is 16.5. The maximum absolute atomic E-state index is 13.2. The van der Waals surface area contributed by atoms with Gasteiger partial charge in [0.2, 0.25) is 11.6 Å². The highest BCUT2D eigenvalue weighted by Crippen LogP contribution is 2.26. The van der Waals surface area contributed by atoms with E-state index in [-0.39, 0.29) is 11.5 Å². The summed E-state index contributed by atoms with van der Waals surface area (Å²) in [5, 5.41) is 11.9. The second kappa shape index (κ2) is 7.67. The van der Waals surface area contributed by atoms with E-state index in [2.05, 4.69) is 20.5 Å². The highest BCUT2D eigenvalue weighted by molar-refractivity contribution is 5.92. The van der Waals surface area contributed by atoms with Crippen LogP contribution in [-0.2, 0) is 13.0 Å². The molecule has 0 atom stereocenters. The summed E-state index contributed by atoms with van der Waals surface area (Å²) in [7, 11) is 0. The molecule has 0 fully saturated rings. The van der Waals surface area contributed by atoms with Crippen molar-refractivity contribution in [2.24, 2.45) is 0 Å². The first-order valence-corrected chi connectivity index (χ1v) is 9.95. The number of H-pyrrole nitrogens is 1. The molecule has 0 aliphatic carbocycles. The zero-order chi connectivity index (χ0) is 21.4. The fourth-order valence-corrected chi connectivity index (χ4v) is 3.85. The number of carbonyl (C=O) groups is 1. The summed E-state index contributed by atoms with van der Waals surface area (Å²) in [6, 6.07) is 13.9. The van der Waals surface area contributed by atoms with Crippen molar-refractivity contribution in [1.82, 2.24) is 25.1 Å². The molecule has 0 radical (unpaired) electrons. The molecular formula is C22H19FN6O2. The summed E-state index contributed by atoms with van der Waals surface area (Å²) in [6.07, 6.45) is 2.54. The lowest BCUT2D eigenvalue weighted by molar-refractivity contribution is 0.0945. The molecule has 0 saturated heterocycles. The van der Waals surface area contributed by atoms with Crippen LogP contribution in [-0.4, -0.2) is 38.7 Å². The molecule has 4 aromatic rings. The molecular weight excluding hydrogens is 399 g/mol. The molecule has 2 aromatic heterocycles. The Kier molecular flexibility index (Phi) is 4.70. The molecule has 8 nitrogen and oxygen atoms in total. The standard InChI is InChI=1S/C22H19FN6O2/c23-15-5-7-16(8-6-15)28-11-12-29-21(31)19(26-27-22(28)29)20(30)24-10-9-14-13-25-18-4-2-1-3-17(14)18/h1-8,13,25H,9-12H2,(H,24,30). The molecule has 5 rings (SSSR count). The quantitative estimate of drug-likeness (QED) is 0.519. The van der Waals surface area contributed by atoms with Gasteiger partial charge in [0, 0.05) is 42.4 Å². The summed E-state index contributed by atoms with van der Waals surface area (Å²) < 4.78 is 14.6. The Morgan fingerprint density at radius 3 is 2.74 bits per heavy atom. The zero-order valence-corrected chi connectivity index (χ0v) is 16.5. The molecule has 2 N–H and O–H groups in total. The Bertz CT molecular complexity index is 1330.